The molecule has 96 valence electrons. The molecule has 0 spiro atoms. The van der Waals surface area contributed by atoms with E-state index in [2.05, 4.69) is 0 Å². The van der Waals surface area contributed by atoms with Gasteiger partial charge in [0.25, 0.3) is 0 Å². The molecular formula is C11H13F3O2S. The molecule has 0 aliphatic rings. The fourth-order valence-electron chi connectivity index (χ4n) is 1.03. The highest BCUT2D eigenvalue weighted by Gasteiger charge is 2.30. The highest BCUT2D eigenvalue weighted by Crippen LogP contribution is 2.41. The van der Waals surface area contributed by atoms with Gasteiger partial charge in [0, 0.05) is 0 Å². The molecule has 0 aliphatic carbocycles. The standard InChI is InChI=1S/C11H13F3O2S/c1-10(2,15)7-16-8-5-3-4-6-9(8)17-11(12,13)14/h3-6,15H,7H2,1-2H3. The van der Waals surface area contributed by atoms with Crippen LogP contribution in [0.4, 0.5) is 13.2 Å². The van der Waals surface area contributed by atoms with E-state index >= 15 is 0 Å². The Morgan fingerprint density at radius 3 is 2.35 bits per heavy atom. The van der Waals surface area contributed by atoms with Crippen LogP contribution in [0.15, 0.2) is 29.2 Å². The van der Waals surface area contributed by atoms with Gasteiger partial charge in [0.2, 0.25) is 0 Å². The Hall–Kier alpha value is -0.880. The number of hydrogen-bond donors (Lipinski definition) is 1. The summed E-state index contributed by atoms with van der Waals surface area (Å²) < 4.78 is 41.9. The summed E-state index contributed by atoms with van der Waals surface area (Å²) in [5.41, 5.74) is -5.44. The number of aliphatic hydroxyl groups is 1. The van der Waals surface area contributed by atoms with E-state index in [0.717, 1.165) is 0 Å². The molecule has 0 heterocycles. The first-order valence-electron chi connectivity index (χ1n) is 4.87. The van der Waals surface area contributed by atoms with E-state index in [1.807, 2.05) is 0 Å². The lowest BCUT2D eigenvalue weighted by Crippen LogP contribution is -2.28. The zero-order valence-electron chi connectivity index (χ0n) is 9.41. The van der Waals surface area contributed by atoms with Crippen LogP contribution in [-0.4, -0.2) is 22.8 Å². The van der Waals surface area contributed by atoms with E-state index in [1.165, 1.54) is 32.0 Å². The number of para-hydroxylation sites is 1. The molecule has 0 radical (unpaired) electrons. The maximum Gasteiger partial charge on any atom is 0.446 e. The number of ether oxygens (including phenoxy) is 1. The van der Waals surface area contributed by atoms with Gasteiger partial charge in [0.05, 0.1) is 10.5 Å². The van der Waals surface area contributed by atoms with Crippen LogP contribution in [0.25, 0.3) is 0 Å². The topological polar surface area (TPSA) is 29.5 Å². The second-order valence-corrected chi connectivity index (χ2v) is 5.20. The van der Waals surface area contributed by atoms with Crippen molar-refractivity contribution in [3.63, 3.8) is 0 Å². The van der Waals surface area contributed by atoms with E-state index in [0.29, 0.717) is 0 Å². The summed E-state index contributed by atoms with van der Waals surface area (Å²) >= 11 is -0.229. The number of alkyl halides is 3. The summed E-state index contributed by atoms with van der Waals surface area (Å²) in [4.78, 5) is -0.00995. The van der Waals surface area contributed by atoms with E-state index < -0.39 is 11.1 Å². The van der Waals surface area contributed by atoms with Gasteiger partial charge in [-0.2, -0.15) is 13.2 Å². The van der Waals surface area contributed by atoms with Crippen molar-refractivity contribution in [3.05, 3.63) is 24.3 Å². The average Bonchev–Trinajstić information content (AvgIpc) is 2.12. The molecular weight excluding hydrogens is 253 g/mol. The van der Waals surface area contributed by atoms with E-state index in [9.17, 15) is 18.3 Å². The third kappa shape index (κ3) is 5.83. The summed E-state index contributed by atoms with van der Waals surface area (Å²) in [5.74, 6) is 0.122. The van der Waals surface area contributed by atoms with Crippen LogP contribution in [0.1, 0.15) is 13.8 Å². The predicted molar refractivity (Wildman–Crippen MR) is 60.1 cm³/mol. The second-order valence-electron chi connectivity index (χ2n) is 4.10. The Labute approximate surface area is 102 Å². The molecule has 0 saturated carbocycles. The lowest BCUT2D eigenvalue weighted by atomic mass is 10.2. The number of thioether (sulfide) groups is 1. The predicted octanol–water partition coefficient (Wildman–Crippen LogP) is 3.45. The van der Waals surface area contributed by atoms with Crippen molar-refractivity contribution < 1.29 is 23.0 Å². The SMILES string of the molecule is CC(C)(O)COc1ccccc1SC(F)(F)F. The number of halogens is 3. The van der Waals surface area contributed by atoms with Crippen LogP contribution in [-0.2, 0) is 0 Å². The minimum absolute atomic E-state index is 0.00995. The summed E-state index contributed by atoms with van der Waals surface area (Å²) in [6, 6.07) is 5.86. The third-order valence-corrected chi connectivity index (χ3v) is 2.44. The van der Waals surface area contributed by atoms with Crippen molar-refractivity contribution in [3.8, 4) is 5.75 Å². The Balaban J connectivity index is 2.78. The van der Waals surface area contributed by atoms with E-state index in [1.54, 1.807) is 6.07 Å². The summed E-state index contributed by atoms with van der Waals surface area (Å²) in [6.07, 6.45) is 0. The minimum Gasteiger partial charge on any atom is -0.489 e. The van der Waals surface area contributed by atoms with Gasteiger partial charge in [0.15, 0.2) is 0 Å². The fraction of sp³-hybridized carbons (Fsp3) is 0.455. The normalized spacial score (nSPS) is 12.6. The minimum atomic E-state index is -4.35. The number of benzene rings is 1. The molecule has 0 aliphatic heterocycles. The Kier molecular flexibility index (Phi) is 4.32. The Morgan fingerprint density at radius 2 is 1.82 bits per heavy atom. The molecule has 2 nitrogen and oxygen atoms in total. The summed E-state index contributed by atoms with van der Waals surface area (Å²) in [5, 5.41) is 9.45. The molecule has 6 heteroatoms. The van der Waals surface area contributed by atoms with Gasteiger partial charge in [-0.05, 0) is 37.7 Å². The Bertz CT molecular complexity index is 372. The molecule has 1 N–H and O–H groups in total. The molecule has 0 fully saturated rings. The van der Waals surface area contributed by atoms with Gasteiger partial charge < -0.3 is 9.84 Å². The first-order valence-corrected chi connectivity index (χ1v) is 5.69. The smallest absolute Gasteiger partial charge is 0.446 e. The highest BCUT2D eigenvalue weighted by atomic mass is 32.2. The van der Waals surface area contributed by atoms with Gasteiger partial charge in [0.1, 0.15) is 12.4 Å². The molecule has 0 amide bonds. The van der Waals surface area contributed by atoms with E-state index in [4.69, 9.17) is 4.74 Å². The molecule has 0 aromatic heterocycles. The lowest BCUT2D eigenvalue weighted by Gasteiger charge is -2.19. The maximum atomic E-state index is 12.3. The van der Waals surface area contributed by atoms with Crippen LogP contribution in [0, 0.1) is 0 Å². The van der Waals surface area contributed by atoms with Gasteiger partial charge >= 0.3 is 5.51 Å². The quantitative estimate of drug-likeness (QED) is 0.846. The molecule has 1 aromatic rings. The molecule has 0 atom stereocenters. The van der Waals surface area contributed by atoms with Crippen LogP contribution >= 0.6 is 11.8 Å². The number of rotatable bonds is 4. The van der Waals surface area contributed by atoms with Crippen LogP contribution in [0.2, 0.25) is 0 Å². The van der Waals surface area contributed by atoms with Crippen molar-refractivity contribution in [2.45, 2.75) is 29.9 Å². The van der Waals surface area contributed by atoms with Crippen LogP contribution < -0.4 is 4.74 Å². The van der Waals surface area contributed by atoms with Gasteiger partial charge in [-0.25, -0.2) is 0 Å². The lowest BCUT2D eigenvalue weighted by molar-refractivity contribution is -0.0329. The number of hydrogen-bond acceptors (Lipinski definition) is 3. The summed E-state index contributed by atoms with van der Waals surface area (Å²) in [6.45, 7) is 2.97. The van der Waals surface area contributed by atoms with Crippen LogP contribution in [0.5, 0.6) is 5.75 Å². The monoisotopic (exact) mass is 266 g/mol. The molecule has 1 rings (SSSR count). The largest absolute Gasteiger partial charge is 0.489 e. The maximum absolute atomic E-state index is 12.3. The van der Waals surface area contributed by atoms with Crippen molar-refractivity contribution in [1.29, 1.82) is 0 Å². The van der Waals surface area contributed by atoms with Crippen molar-refractivity contribution in [2.24, 2.45) is 0 Å². The Morgan fingerprint density at radius 1 is 1.24 bits per heavy atom. The van der Waals surface area contributed by atoms with Gasteiger partial charge in [-0.3, -0.25) is 0 Å². The molecule has 0 unspecified atom stereocenters. The fourth-order valence-corrected chi connectivity index (χ4v) is 1.66. The molecule has 1 aromatic carbocycles. The average molecular weight is 266 g/mol. The van der Waals surface area contributed by atoms with Crippen molar-refractivity contribution in [2.75, 3.05) is 6.61 Å². The molecule has 17 heavy (non-hydrogen) atoms. The first kappa shape index (κ1) is 14.2. The summed E-state index contributed by atoms with van der Waals surface area (Å²) in [7, 11) is 0. The zero-order chi connectivity index (χ0) is 13.1. The van der Waals surface area contributed by atoms with Gasteiger partial charge in [-0.1, -0.05) is 12.1 Å². The zero-order valence-corrected chi connectivity index (χ0v) is 10.2. The molecule has 0 bridgehead atoms. The first-order chi connectivity index (χ1) is 7.67. The van der Waals surface area contributed by atoms with E-state index in [-0.39, 0.29) is 29.0 Å². The molecule has 0 saturated heterocycles. The highest BCUT2D eigenvalue weighted by molar-refractivity contribution is 8.00. The third-order valence-electron chi connectivity index (χ3n) is 1.66. The van der Waals surface area contributed by atoms with Crippen molar-refractivity contribution in [1.82, 2.24) is 0 Å². The van der Waals surface area contributed by atoms with Crippen LogP contribution in [0.3, 0.4) is 0 Å². The second kappa shape index (κ2) is 5.18. The van der Waals surface area contributed by atoms with Gasteiger partial charge in [-0.15, -0.1) is 0 Å². The van der Waals surface area contributed by atoms with Crippen molar-refractivity contribution >= 4 is 11.8 Å².